The predicted octanol–water partition coefficient (Wildman–Crippen LogP) is 3.17. The monoisotopic (exact) mass is 328 g/mol. The predicted molar refractivity (Wildman–Crippen MR) is 92.6 cm³/mol. The fraction of sp³-hybridized carbons (Fsp3) is 0.263. The van der Waals surface area contributed by atoms with Crippen LogP contribution in [0.4, 0.5) is 10.1 Å². The van der Waals surface area contributed by atoms with Gasteiger partial charge in [-0.2, -0.15) is 0 Å². The topological polar surface area (TPSA) is 49.4 Å². The molecule has 0 fully saturated rings. The van der Waals surface area contributed by atoms with Crippen molar-refractivity contribution in [2.75, 3.05) is 18.0 Å². The molecule has 0 saturated heterocycles. The van der Waals surface area contributed by atoms with E-state index in [1.807, 2.05) is 24.3 Å². The van der Waals surface area contributed by atoms with E-state index in [1.54, 1.807) is 11.0 Å². The van der Waals surface area contributed by atoms with Gasteiger partial charge < -0.3 is 10.2 Å². The second-order valence-electron chi connectivity index (χ2n) is 5.43. The second kappa shape index (κ2) is 8.24. The average molecular weight is 328 g/mol. The summed E-state index contributed by atoms with van der Waals surface area (Å²) in [5.41, 5.74) is 1.97. The Morgan fingerprint density at radius 1 is 1.08 bits per heavy atom. The van der Waals surface area contributed by atoms with Crippen LogP contribution in [0.3, 0.4) is 0 Å². The highest BCUT2D eigenvalue weighted by atomic mass is 19.1. The van der Waals surface area contributed by atoms with Crippen LogP contribution >= 0.6 is 0 Å². The van der Waals surface area contributed by atoms with Crippen LogP contribution in [0.25, 0.3) is 0 Å². The smallest absolute Gasteiger partial charge is 0.254 e. The number of rotatable bonds is 6. The Bertz CT molecular complexity index is 714. The fourth-order valence-electron chi connectivity index (χ4n) is 2.40. The molecule has 0 aromatic heterocycles. The van der Waals surface area contributed by atoms with Gasteiger partial charge in [-0.1, -0.05) is 31.2 Å². The maximum atomic E-state index is 13.6. The standard InChI is InChI=1S/C19H21FN2O2/c1-3-15-8-10-16(11-9-15)22(14(2)23)13-12-21-19(24)17-6-4-5-7-18(17)20/h4-11H,3,12-13H2,1-2H3,(H,21,24). The van der Waals surface area contributed by atoms with E-state index in [4.69, 9.17) is 0 Å². The minimum atomic E-state index is -0.562. The van der Waals surface area contributed by atoms with E-state index in [0.717, 1.165) is 12.1 Å². The van der Waals surface area contributed by atoms with Gasteiger partial charge in [-0.3, -0.25) is 9.59 Å². The van der Waals surface area contributed by atoms with Gasteiger partial charge in [0.15, 0.2) is 0 Å². The van der Waals surface area contributed by atoms with Crippen LogP contribution in [0.5, 0.6) is 0 Å². The summed E-state index contributed by atoms with van der Waals surface area (Å²) in [5, 5.41) is 2.64. The van der Waals surface area contributed by atoms with Crippen molar-refractivity contribution in [1.82, 2.24) is 5.32 Å². The van der Waals surface area contributed by atoms with Crippen LogP contribution in [-0.4, -0.2) is 24.9 Å². The van der Waals surface area contributed by atoms with Gasteiger partial charge in [0.2, 0.25) is 5.91 Å². The van der Waals surface area contributed by atoms with Gasteiger partial charge in [-0.05, 0) is 36.2 Å². The van der Waals surface area contributed by atoms with Crippen molar-refractivity contribution in [3.8, 4) is 0 Å². The molecule has 0 heterocycles. The van der Waals surface area contributed by atoms with Gasteiger partial charge in [0.1, 0.15) is 5.82 Å². The minimum absolute atomic E-state index is 0.000765. The van der Waals surface area contributed by atoms with Crippen LogP contribution in [0.2, 0.25) is 0 Å². The molecule has 5 heteroatoms. The molecule has 24 heavy (non-hydrogen) atoms. The molecule has 0 radical (unpaired) electrons. The third-order valence-electron chi connectivity index (χ3n) is 3.78. The number of hydrogen-bond acceptors (Lipinski definition) is 2. The quantitative estimate of drug-likeness (QED) is 0.885. The maximum absolute atomic E-state index is 13.6. The van der Waals surface area contributed by atoms with Crippen molar-refractivity contribution in [3.63, 3.8) is 0 Å². The fourth-order valence-corrected chi connectivity index (χ4v) is 2.40. The molecule has 2 aromatic rings. The highest BCUT2D eigenvalue weighted by Crippen LogP contribution is 2.15. The van der Waals surface area contributed by atoms with Gasteiger partial charge in [0.25, 0.3) is 5.91 Å². The first-order valence-corrected chi connectivity index (χ1v) is 7.92. The third-order valence-corrected chi connectivity index (χ3v) is 3.78. The summed E-state index contributed by atoms with van der Waals surface area (Å²) in [6.45, 7) is 4.10. The summed E-state index contributed by atoms with van der Waals surface area (Å²) < 4.78 is 13.6. The van der Waals surface area contributed by atoms with Crippen molar-refractivity contribution in [2.45, 2.75) is 20.3 Å². The van der Waals surface area contributed by atoms with Gasteiger partial charge in [-0.15, -0.1) is 0 Å². The molecule has 0 saturated carbocycles. The first-order valence-electron chi connectivity index (χ1n) is 7.92. The Kier molecular flexibility index (Phi) is 6.07. The zero-order valence-electron chi connectivity index (χ0n) is 13.9. The number of halogens is 1. The largest absolute Gasteiger partial charge is 0.350 e. The maximum Gasteiger partial charge on any atom is 0.254 e. The number of aryl methyl sites for hydroxylation is 1. The number of hydrogen-bond donors (Lipinski definition) is 1. The molecule has 0 bridgehead atoms. The molecule has 4 nitrogen and oxygen atoms in total. The van der Waals surface area contributed by atoms with E-state index in [9.17, 15) is 14.0 Å². The Balaban J connectivity index is 1.98. The summed E-state index contributed by atoms with van der Waals surface area (Å²) in [7, 11) is 0. The zero-order valence-corrected chi connectivity index (χ0v) is 13.9. The molecule has 0 atom stereocenters. The minimum Gasteiger partial charge on any atom is -0.350 e. The second-order valence-corrected chi connectivity index (χ2v) is 5.43. The van der Waals surface area contributed by atoms with Crippen molar-refractivity contribution in [2.24, 2.45) is 0 Å². The summed E-state index contributed by atoms with van der Waals surface area (Å²) in [5.74, 6) is -1.16. The van der Waals surface area contributed by atoms with Crippen molar-refractivity contribution < 1.29 is 14.0 Å². The molecule has 0 aliphatic rings. The van der Waals surface area contributed by atoms with Crippen LogP contribution < -0.4 is 10.2 Å². The Labute approximate surface area is 141 Å². The van der Waals surface area contributed by atoms with E-state index >= 15 is 0 Å². The lowest BCUT2D eigenvalue weighted by Crippen LogP contribution is -2.37. The lowest BCUT2D eigenvalue weighted by molar-refractivity contribution is -0.116. The number of nitrogens with zero attached hydrogens (tertiary/aromatic N) is 1. The molecule has 2 rings (SSSR count). The van der Waals surface area contributed by atoms with E-state index in [0.29, 0.717) is 6.54 Å². The van der Waals surface area contributed by atoms with Crippen LogP contribution in [0.1, 0.15) is 29.8 Å². The molecule has 2 amide bonds. The van der Waals surface area contributed by atoms with E-state index in [1.165, 1.54) is 30.7 Å². The van der Waals surface area contributed by atoms with E-state index in [-0.39, 0.29) is 18.0 Å². The zero-order chi connectivity index (χ0) is 17.5. The van der Waals surface area contributed by atoms with E-state index in [2.05, 4.69) is 12.2 Å². The third kappa shape index (κ3) is 4.41. The van der Waals surface area contributed by atoms with Gasteiger partial charge >= 0.3 is 0 Å². The van der Waals surface area contributed by atoms with Crippen LogP contribution in [0.15, 0.2) is 48.5 Å². The molecular formula is C19H21FN2O2. The first kappa shape index (κ1) is 17.7. The van der Waals surface area contributed by atoms with Crippen molar-refractivity contribution >= 4 is 17.5 Å². The average Bonchev–Trinajstić information content (AvgIpc) is 2.59. The molecule has 1 N–H and O–H groups in total. The summed E-state index contributed by atoms with van der Waals surface area (Å²) in [6.07, 6.45) is 0.930. The lowest BCUT2D eigenvalue weighted by atomic mass is 10.1. The molecule has 0 aliphatic carbocycles. The Morgan fingerprint density at radius 2 is 1.75 bits per heavy atom. The SMILES string of the molecule is CCc1ccc(N(CCNC(=O)c2ccccc2F)C(C)=O)cc1. The Hall–Kier alpha value is -2.69. The van der Waals surface area contributed by atoms with E-state index < -0.39 is 11.7 Å². The van der Waals surface area contributed by atoms with Gasteiger partial charge in [0.05, 0.1) is 5.56 Å². The lowest BCUT2D eigenvalue weighted by Gasteiger charge is -2.21. The number of benzene rings is 2. The molecule has 2 aromatic carbocycles. The number of anilines is 1. The van der Waals surface area contributed by atoms with Gasteiger partial charge in [-0.25, -0.2) is 4.39 Å². The molecule has 0 unspecified atom stereocenters. The number of amides is 2. The number of carbonyl (C=O) groups excluding carboxylic acids is 2. The number of carbonyl (C=O) groups is 2. The highest BCUT2D eigenvalue weighted by molar-refractivity contribution is 5.95. The highest BCUT2D eigenvalue weighted by Gasteiger charge is 2.13. The van der Waals surface area contributed by atoms with Crippen LogP contribution in [-0.2, 0) is 11.2 Å². The molecule has 0 spiro atoms. The molecular weight excluding hydrogens is 307 g/mol. The normalized spacial score (nSPS) is 10.3. The summed E-state index contributed by atoms with van der Waals surface area (Å²) in [4.78, 5) is 25.4. The molecule has 0 aliphatic heterocycles. The van der Waals surface area contributed by atoms with Gasteiger partial charge in [0, 0.05) is 25.7 Å². The molecule has 126 valence electrons. The first-order chi connectivity index (χ1) is 11.5. The van der Waals surface area contributed by atoms with Crippen LogP contribution in [0, 0.1) is 5.82 Å². The Morgan fingerprint density at radius 3 is 2.33 bits per heavy atom. The van der Waals surface area contributed by atoms with Crippen molar-refractivity contribution in [3.05, 3.63) is 65.5 Å². The summed E-state index contributed by atoms with van der Waals surface area (Å²) >= 11 is 0. The van der Waals surface area contributed by atoms with Crippen molar-refractivity contribution in [1.29, 1.82) is 0 Å². The number of nitrogens with one attached hydrogen (secondary N) is 1. The summed E-state index contributed by atoms with van der Waals surface area (Å²) in [6, 6.07) is 13.5.